The van der Waals surface area contributed by atoms with Crippen LogP contribution in [0, 0.1) is 5.41 Å². The Bertz CT molecular complexity index is 489. The lowest BCUT2D eigenvalue weighted by atomic mass is 10.1. The molecule has 0 saturated carbocycles. The average Bonchev–Trinajstić information content (AvgIpc) is 2.35. The summed E-state index contributed by atoms with van der Waals surface area (Å²) in [7, 11) is 1.31. The van der Waals surface area contributed by atoms with Gasteiger partial charge < -0.3 is 10.5 Å². The Labute approximate surface area is 115 Å². The molecule has 0 aromatic heterocycles. The van der Waals surface area contributed by atoms with Gasteiger partial charge in [0.25, 0.3) is 0 Å². The second-order valence-electron chi connectivity index (χ2n) is 3.34. The molecule has 0 aliphatic rings. The van der Waals surface area contributed by atoms with Crippen LogP contribution in [-0.4, -0.2) is 24.0 Å². The fraction of sp³-hybridized carbons (Fsp3) is 0.167. The molecule has 0 aliphatic heterocycles. The molecule has 0 unspecified atom stereocenters. The van der Waals surface area contributed by atoms with Crippen molar-refractivity contribution in [1.29, 1.82) is 5.41 Å². The molecular formula is C12H13ClN2O2S. The minimum absolute atomic E-state index is 0.0519. The number of rotatable bonds is 4. The van der Waals surface area contributed by atoms with Gasteiger partial charge in [-0.2, -0.15) is 0 Å². The number of thioether (sulfide) groups is 1. The standard InChI is InChI=1S/C12H13ClN2O2S/c1-17-11(16)9(7-18-12(14)15)6-8-4-2-3-5-10(8)13/h2-6H,7H2,1H3,(H3,14,15)/b9-6+. The molecule has 0 bridgehead atoms. The van der Waals surface area contributed by atoms with E-state index < -0.39 is 5.97 Å². The molecular weight excluding hydrogens is 272 g/mol. The average molecular weight is 285 g/mol. The second kappa shape index (κ2) is 7.08. The van der Waals surface area contributed by atoms with Crippen LogP contribution >= 0.6 is 23.4 Å². The molecule has 0 amide bonds. The molecule has 1 aromatic rings. The Hall–Kier alpha value is -1.46. The molecule has 18 heavy (non-hydrogen) atoms. The quantitative estimate of drug-likeness (QED) is 0.385. The molecule has 0 radical (unpaired) electrons. The molecule has 1 rings (SSSR count). The molecule has 0 spiro atoms. The number of nitrogens with one attached hydrogen (secondary N) is 1. The Kier molecular flexibility index (Phi) is 5.74. The smallest absolute Gasteiger partial charge is 0.334 e. The lowest BCUT2D eigenvalue weighted by molar-refractivity contribution is -0.135. The van der Waals surface area contributed by atoms with Crippen molar-refractivity contribution >= 4 is 40.6 Å². The van der Waals surface area contributed by atoms with E-state index in [2.05, 4.69) is 4.74 Å². The zero-order valence-electron chi connectivity index (χ0n) is 9.77. The van der Waals surface area contributed by atoms with Gasteiger partial charge in [-0.15, -0.1) is 0 Å². The van der Waals surface area contributed by atoms with Gasteiger partial charge in [0.15, 0.2) is 5.17 Å². The normalized spacial score (nSPS) is 11.1. The van der Waals surface area contributed by atoms with E-state index in [4.69, 9.17) is 22.7 Å². The summed E-state index contributed by atoms with van der Waals surface area (Å²) in [5.41, 5.74) is 6.38. The van der Waals surface area contributed by atoms with Crippen molar-refractivity contribution in [3.05, 3.63) is 40.4 Å². The molecule has 3 N–H and O–H groups in total. The summed E-state index contributed by atoms with van der Waals surface area (Å²) in [5, 5.41) is 7.64. The zero-order valence-corrected chi connectivity index (χ0v) is 11.3. The fourth-order valence-corrected chi connectivity index (χ4v) is 1.93. The summed E-state index contributed by atoms with van der Waals surface area (Å²) >= 11 is 7.07. The van der Waals surface area contributed by atoms with Crippen molar-refractivity contribution in [2.45, 2.75) is 0 Å². The number of methoxy groups -OCH3 is 1. The summed E-state index contributed by atoms with van der Waals surface area (Å²) in [6.07, 6.45) is 1.64. The number of amidine groups is 1. The van der Waals surface area contributed by atoms with E-state index in [9.17, 15) is 4.79 Å². The summed E-state index contributed by atoms with van der Waals surface area (Å²) in [5.74, 6) is -0.184. The van der Waals surface area contributed by atoms with Gasteiger partial charge in [-0.05, 0) is 17.7 Å². The van der Waals surface area contributed by atoms with Crippen molar-refractivity contribution in [2.24, 2.45) is 5.73 Å². The first kappa shape index (κ1) is 14.6. The van der Waals surface area contributed by atoms with Crippen LogP contribution in [-0.2, 0) is 9.53 Å². The maximum Gasteiger partial charge on any atom is 0.334 e. The summed E-state index contributed by atoms with van der Waals surface area (Å²) in [6, 6.07) is 7.16. The summed E-state index contributed by atoms with van der Waals surface area (Å²) in [4.78, 5) is 11.6. The largest absolute Gasteiger partial charge is 0.466 e. The molecule has 6 heteroatoms. The van der Waals surface area contributed by atoms with Gasteiger partial charge in [-0.3, -0.25) is 5.41 Å². The lowest BCUT2D eigenvalue weighted by Crippen LogP contribution is -2.11. The van der Waals surface area contributed by atoms with Crippen molar-refractivity contribution in [1.82, 2.24) is 0 Å². The lowest BCUT2D eigenvalue weighted by Gasteiger charge is -2.05. The highest BCUT2D eigenvalue weighted by molar-refractivity contribution is 8.13. The second-order valence-corrected chi connectivity index (χ2v) is 4.76. The Morgan fingerprint density at radius 3 is 2.78 bits per heavy atom. The third-order valence-corrected chi connectivity index (χ3v) is 3.18. The predicted molar refractivity (Wildman–Crippen MR) is 75.8 cm³/mol. The summed E-state index contributed by atoms with van der Waals surface area (Å²) in [6.45, 7) is 0. The summed E-state index contributed by atoms with van der Waals surface area (Å²) < 4.78 is 4.68. The van der Waals surface area contributed by atoms with E-state index in [1.54, 1.807) is 18.2 Å². The third-order valence-electron chi connectivity index (χ3n) is 2.07. The van der Waals surface area contributed by atoms with Crippen molar-refractivity contribution in [3.8, 4) is 0 Å². The SMILES string of the molecule is COC(=O)/C(=C/c1ccccc1Cl)CSC(=N)N. The number of hydrogen-bond donors (Lipinski definition) is 2. The molecule has 0 atom stereocenters. The van der Waals surface area contributed by atoms with Gasteiger partial charge in [0.05, 0.1) is 7.11 Å². The van der Waals surface area contributed by atoms with Crippen LogP contribution in [0.25, 0.3) is 6.08 Å². The van der Waals surface area contributed by atoms with Crippen LogP contribution in [0.5, 0.6) is 0 Å². The number of hydrogen-bond acceptors (Lipinski definition) is 4. The number of ether oxygens (including phenoxy) is 1. The van der Waals surface area contributed by atoms with E-state index in [1.165, 1.54) is 7.11 Å². The maximum absolute atomic E-state index is 11.6. The van der Waals surface area contributed by atoms with Crippen molar-refractivity contribution in [3.63, 3.8) is 0 Å². The van der Waals surface area contributed by atoms with Gasteiger partial charge >= 0.3 is 5.97 Å². The van der Waals surface area contributed by atoms with E-state index >= 15 is 0 Å². The van der Waals surface area contributed by atoms with Crippen molar-refractivity contribution in [2.75, 3.05) is 12.9 Å². The fourth-order valence-electron chi connectivity index (χ4n) is 1.23. The molecule has 0 heterocycles. The molecule has 0 aliphatic carbocycles. The predicted octanol–water partition coefficient (Wildman–Crippen LogP) is 2.52. The zero-order chi connectivity index (χ0) is 13.5. The molecule has 4 nitrogen and oxygen atoms in total. The molecule has 96 valence electrons. The van der Waals surface area contributed by atoms with Crippen LogP contribution < -0.4 is 5.73 Å². The minimum Gasteiger partial charge on any atom is -0.466 e. The number of carbonyl (C=O) groups excluding carboxylic acids is 1. The highest BCUT2D eigenvalue weighted by Crippen LogP contribution is 2.20. The first-order chi connectivity index (χ1) is 8.54. The van der Waals surface area contributed by atoms with Crippen LogP contribution in [0.3, 0.4) is 0 Å². The van der Waals surface area contributed by atoms with E-state index in [0.717, 1.165) is 17.3 Å². The number of nitrogens with two attached hydrogens (primary N) is 1. The van der Waals surface area contributed by atoms with Gasteiger partial charge in [0, 0.05) is 16.3 Å². The highest BCUT2D eigenvalue weighted by atomic mass is 35.5. The number of esters is 1. The highest BCUT2D eigenvalue weighted by Gasteiger charge is 2.11. The molecule has 0 saturated heterocycles. The van der Waals surface area contributed by atoms with E-state index in [0.29, 0.717) is 10.6 Å². The Morgan fingerprint density at radius 2 is 2.22 bits per heavy atom. The van der Waals surface area contributed by atoms with Gasteiger partial charge in [-0.25, -0.2) is 4.79 Å². The third kappa shape index (κ3) is 4.43. The first-order valence-corrected chi connectivity index (χ1v) is 6.41. The van der Waals surface area contributed by atoms with Gasteiger partial charge in [-0.1, -0.05) is 41.6 Å². The van der Waals surface area contributed by atoms with E-state index in [-0.39, 0.29) is 10.9 Å². The van der Waals surface area contributed by atoms with Crippen LogP contribution in [0.2, 0.25) is 5.02 Å². The van der Waals surface area contributed by atoms with Crippen LogP contribution in [0.1, 0.15) is 5.56 Å². The van der Waals surface area contributed by atoms with Gasteiger partial charge in [0.2, 0.25) is 0 Å². The van der Waals surface area contributed by atoms with E-state index in [1.807, 2.05) is 12.1 Å². The van der Waals surface area contributed by atoms with Gasteiger partial charge in [0.1, 0.15) is 0 Å². The first-order valence-electron chi connectivity index (χ1n) is 5.05. The number of benzene rings is 1. The topological polar surface area (TPSA) is 76.2 Å². The van der Waals surface area contributed by atoms with Crippen LogP contribution in [0.4, 0.5) is 0 Å². The Balaban J connectivity index is 2.98. The number of halogens is 1. The monoisotopic (exact) mass is 284 g/mol. The van der Waals surface area contributed by atoms with Crippen LogP contribution in [0.15, 0.2) is 29.8 Å². The minimum atomic E-state index is -0.455. The Morgan fingerprint density at radius 1 is 1.56 bits per heavy atom. The molecule has 1 aromatic carbocycles. The number of carbonyl (C=O) groups is 1. The molecule has 0 fully saturated rings. The van der Waals surface area contributed by atoms with Crippen molar-refractivity contribution < 1.29 is 9.53 Å². The maximum atomic E-state index is 11.6.